The van der Waals surface area contributed by atoms with Crippen molar-refractivity contribution in [3.8, 4) is 0 Å². The van der Waals surface area contributed by atoms with Crippen LogP contribution in [0, 0.1) is 5.82 Å². The van der Waals surface area contributed by atoms with Gasteiger partial charge in [0.2, 0.25) is 5.91 Å². The lowest BCUT2D eigenvalue weighted by Gasteiger charge is -2.08. The van der Waals surface area contributed by atoms with Gasteiger partial charge in [0.15, 0.2) is 0 Å². The number of hydrogen-bond donors (Lipinski definition) is 2. The molecule has 0 aliphatic heterocycles. The molecule has 4 nitrogen and oxygen atoms in total. The number of halogens is 1. The van der Waals surface area contributed by atoms with Crippen molar-refractivity contribution >= 4 is 23.5 Å². The van der Waals surface area contributed by atoms with E-state index in [1.54, 1.807) is 42.6 Å². The van der Waals surface area contributed by atoms with Gasteiger partial charge in [-0.05, 0) is 41.3 Å². The van der Waals surface area contributed by atoms with Crippen molar-refractivity contribution in [1.82, 2.24) is 4.98 Å². The second-order valence-corrected chi connectivity index (χ2v) is 7.02. The molecule has 1 amide bonds. The fourth-order valence-electron chi connectivity index (χ4n) is 2.75. The van der Waals surface area contributed by atoms with Crippen molar-refractivity contribution < 1.29 is 9.18 Å². The number of hydrogen-bond acceptors (Lipinski definition) is 3. The highest BCUT2D eigenvalue weighted by Gasteiger charge is 2.03. The minimum absolute atomic E-state index is 0.230. The average molecular weight is 389 g/mol. The Kier molecular flexibility index (Phi) is 6.74. The van der Waals surface area contributed by atoms with Crippen LogP contribution in [0.4, 0.5) is 15.9 Å². The van der Waals surface area contributed by atoms with E-state index in [2.05, 4.69) is 41.6 Å². The zero-order valence-electron chi connectivity index (χ0n) is 16.5. The molecule has 0 saturated heterocycles. The van der Waals surface area contributed by atoms with E-state index in [0.29, 0.717) is 29.5 Å². The quantitative estimate of drug-likeness (QED) is 0.517. The highest BCUT2D eigenvalue weighted by atomic mass is 19.1. The predicted octanol–water partition coefficient (Wildman–Crippen LogP) is 5.61. The summed E-state index contributed by atoms with van der Waals surface area (Å²) in [5.74, 6) is 0.598. The van der Waals surface area contributed by atoms with Gasteiger partial charge in [-0.15, -0.1) is 0 Å². The molecule has 148 valence electrons. The lowest BCUT2D eigenvalue weighted by molar-refractivity contribution is -0.111. The molecule has 1 heterocycles. The Morgan fingerprint density at radius 3 is 2.48 bits per heavy atom. The maximum absolute atomic E-state index is 13.6. The van der Waals surface area contributed by atoms with Gasteiger partial charge < -0.3 is 10.6 Å². The van der Waals surface area contributed by atoms with E-state index >= 15 is 0 Å². The van der Waals surface area contributed by atoms with E-state index in [9.17, 15) is 9.18 Å². The van der Waals surface area contributed by atoms with Crippen LogP contribution in [0.5, 0.6) is 0 Å². The number of amides is 1. The summed E-state index contributed by atoms with van der Waals surface area (Å²) in [7, 11) is 0. The van der Waals surface area contributed by atoms with Gasteiger partial charge in [0, 0.05) is 18.2 Å². The molecule has 5 heteroatoms. The van der Waals surface area contributed by atoms with Gasteiger partial charge in [-0.25, -0.2) is 9.37 Å². The number of anilines is 2. The van der Waals surface area contributed by atoms with Crippen LogP contribution in [0.2, 0.25) is 0 Å². The van der Waals surface area contributed by atoms with E-state index in [0.717, 1.165) is 5.56 Å². The van der Waals surface area contributed by atoms with E-state index < -0.39 is 0 Å². The molecule has 29 heavy (non-hydrogen) atoms. The standard InChI is InChI=1S/C24H24FN3O/c1-17(2)19-10-7-18(8-11-19)9-14-24(29)28-21-12-13-23(27-16-21)26-15-20-5-3-4-6-22(20)25/h3-14,16-17H,15H2,1-2H3,(H,26,27)(H,28,29)/b14-9+. The fraction of sp³-hybridized carbons (Fsp3) is 0.167. The van der Waals surface area contributed by atoms with Gasteiger partial charge in [0.1, 0.15) is 11.6 Å². The second kappa shape index (κ2) is 9.64. The van der Waals surface area contributed by atoms with Crippen molar-refractivity contribution in [2.75, 3.05) is 10.6 Å². The van der Waals surface area contributed by atoms with Crippen LogP contribution >= 0.6 is 0 Å². The van der Waals surface area contributed by atoms with E-state index in [-0.39, 0.29) is 11.7 Å². The van der Waals surface area contributed by atoms with E-state index in [1.807, 2.05) is 12.1 Å². The Hall–Kier alpha value is -3.47. The Balaban J connectivity index is 1.52. The molecule has 0 atom stereocenters. The fourth-order valence-corrected chi connectivity index (χ4v) is 2.75. The highest BCUT2D eigenvalue weighted by molar-refractivity contribution is 6.01. The first kappa shape index (κ1) is 20.3. The van der Waals surface area contributed by atoms with Crippen molar-refractivity contribution in [2.24, 2.45) is 0 Å². The van der Waals surface area contributed by atoms with Crippen LogP contribution in [0.15, 0.2) is 72.9 Å². The van der Waals surface area contributed by atoms with Crippen LogP contribution in [0.25, 0.3) is 6.08 Å². The number of carbonyl (C=O) groups excluding carboxylic acids is 1. The number of nitrogens with zero attached hydrogens (tertiary/aromatic N) is 1. The zero-order valence-corrected chi connectivity index (χ0v) is 16.5. The molecule has 0 aliphatic carbocycles. The summed E-state index contributed by atoms with van der Waals surface area (Å²) in [6, 6.07) is 18.2. The molecule has 1 aromatic heterocycles. The molecule has 3 rings (SSSR count). The Bertz CT molecular complexity index is 980. The molecule has 0 bridgehead atoms. The number of nitrogens with one attached hydrogen (secondary N) is 2. The first-order chi connectivity index (χ1) is 14.0. The summed E-state index contributed by atoms with van der Waals surface area (Å²) in [4.78, 5) is 16.4. The van der Waals surface area contributed by atoms with Crippen LogP contribution in [0.3, 0.4) is 0 Å². The topological polar surface area (TPSA) is 54.0 Å². The lowest BCUT2D eigenvalue weighted by Crippen LogP contribution is -2.08. The second-order valence-electron chi connectivity index (χ2n) is 7.02. The molecule has 0 aliphatic rings. The van der Waals surface area contributed by atoms with Crippen LogP contribution in [-0.4, -0.2) is 10.9 Å². The van der Waals surface area contributed by atoms with E-state index in [4.69, 9.17) is 0 Å². The van der Waals surface area contributed by atoms with Gasteiger partial charge in [-0.2, -0.15) is 0 Å². The summed E-state index contributed by atoms with van der Waals surface area (Å²) in [6.45, 7) is 4.63. The first-order valence-electron chi connectivity index (χ1n) is 9.53. The molecular formula is C24H24FN3O. The average Bonchev–Trinajstić information content (AvgIpc) is 2.73. The molecule has 0 spiro atoms. The highest BCUT2D eigenvalue weighted by Crippen LogP contribution is 2.16. The Morgan fingerprint density at radius 1 is 1.07 bits per heavy atom. The zero-order chi connectivity index (χ0) is 20.6. The van der Waals surface area contributed by atoms with Gasteiger partial charge in [0.25, 0.3) is 0 Å². The van der Waals surface area contributed by atoms with Gasteiger partial charge in [0.05, 0.1) is 11.9 Å². The predicted molar refractivity (Wildman–Crippen MR) is 116 cm³/mol. The molecule has 0 fully saturated rings. The lowest BCUT2D eigenvalue weighted by atomic mass is 10.0. The molecule has 2 aromatic carbocycles. The molecule has 0 saturated carbocycles. The molecule has 0 radical (unpaired) electrons. The maximum Gasteiger partial charge on any atom is 0.248 e. The molecular weight excluding hydrogens is 365 g/mol. The first-order valence-corrected chi connectivity index (χ1v) is 9.53. The summed E-state index contributed by atoms with van der Waals surface area (Å²) in [5.41, 5.74) is 3.39. The van der Waals surface area contributed by atoms with Crippen molar-refractivity contribution in [1.29, 1.82) is 0 Å². The summed E-state index contributed by atoms with van der Waals surface area (Å²) < 4.78 is 13.6. The normalized spacial score (nSPS) is 11.0. The number of rotatable bonds is 7. The largest absolute Gasteiger partial charge is 0.366 e. The van der Waals surface area contributed by atoms with Crippen LogP contribution in [0.1, 0.15) is 36.5 Å². The minimum atomic E-state index is -0.255. The van der Waals surface area contributed by atoms with Crippen molar-refractivity contribution in [3.63, 3.8) is 0 Å². The summed E-state index contributed by atoms with van der Waals surface area (Å²) in [5, 5.41) is 5.84. The third-order valence-electron chi connectivity index (χ3n) is 4.48. The van der Waals surface area contributed by atoms with E-state index in [1.165, 1.54) is 17.7 Å². The Labute approximate surface area is 170 Å². The van der Waals surface area contributed by atoms with Gasteiger partial charge in [-0.3, -0.25) is 4.79 Å². The number of pyridine rings is 1. The minimum Gasteiger partial charge on any atom is -0.366 e. The molecule has 2 N–H and O–H groups in total. The number of benzene rings is 2. The maximum atomic E-state index is 13.6. The van der Waals surface area contributed by atoms with Crippen molar-refractivity contribution in [2.45, 2.75) is 26.3 Å². The summed E-state index contributed by atoms with van der Waals surface area (Å²) >= 11 is 0. The third-order valence-corrected chi connectivity index (χ3v) is 4.48. The van der Waals surface area contributed by atoms with Crippen LogP contribution < -0.4 is 10.6 Å². The third kappa shape index (κ3) is 6.01. The monoisotopic (exact) mass is 389 g/mol. The van der Waals surface area contributed by atoms with Gasteiger partial charge in [-0.1, -0.05) is 56.3 Å². The number of carbonyl (C=O) groups is 1. The molecule has 0 unspecified atom stereocenters. The summed E-state index contributed by atoms with van der Waals surface area (Å²) in [6.07, 6.45) is 4.83. The van der Waals surface area contributed by atoms with Crippen molar-refractivity contribution in [3.05, 3.63) is 95.4 Å². The number of aromatic nitrogens is 1. The Morgan fingerprint density at radius 2 is 1.83 bits per heavy atom. The SMILES string of the molecule is CC(C)c1ccc(/C=C/C(=O)Nc2ccc(NCc3ccccc3F)nc2)cc1. The smallest absolute Gasteiger partial charge is 0.248 e. The van der Waals surface area contributed by atoms with Gasteiger partial charge >= 0.3 is 0 Å². The molecule has 3 aromatic rings. The van der Waals surface area contributed by atoms with Crippen LogP contribution in [-0.2, 0) is 11.3 Å².